The molecule has 152 valence electrons. The lowest BCUT2D eigenvalue weighted by molar-refractivity contribution is -0.134. The fraction of sp³-hybridized carbons (Fsp3) is 0.318. The Balaban J connectivity index is 1.77. The third kappa shape index (κ3) is 4.93. The van der Waals surface area contributed by atoms with Crippen molar-refractivity contribution < 1.29 is 19.0 Å². The molecule has 0 spiro atoms. The predicted molar refractivity (Wildman–Crippen MR) is 110 cm³/mol. The first-order chi connectivity index (χ1) is 14.1. The van der Waals surface area contributed by atoms with Gasteiger partial charge < -0.3 is 14.2 Å². The van der Waals surface area contributed by atoms with Crippen LogP contribution in [-0.2, 0) is 11.3 Å². The number of hydrogen-bond acceptors (Lipinski definition) is 6. The fourth-order valence-electron chi connectivity index (χ4n) is 2.75. The molecule has 0 fully saturated rings. The van der Waals surface area contributed by atoms with Crippen molar-refractivity contribution in [1.82, 2.24) is 9.78 Å². The molecule has 0 aliphatic heterocycles. The van der Waals surface area contributed by atoms with Crippen LogP contribution in [0.4, 0.5) is 0 Å². The summed E-state index contributed by atoms with van der Waals surface area (Å²) in [6.45, 7) is 4.64. The van der Waals surface area contributed by atoms with Gasteiger partial charge in [-0.2, -0.15) is 5.10 Å². The third-order valence-corrected chi connectivity index (χ3v) is 4.23. The Morgan fingerprint density at radius 1 is 1.00 bits per heavy atom. The van der Waals surface area contributed by atoms with Crippen LogP contribution >= 0.6 is 0 Å². The van der Waals surface area contributed by atoms with Gasteiger partial charge in [0.1, 0.15) is 6.61 Å². The lowest BCUT2D eigenvalue weighted by atomic mass is 10.2. The van der Waals surface area contributed by atoms with E-state index in [1.54, 1.807) is 37.4 Å². The largest absolute Gasteiger partial charge is 0.490 e. The van der Waals surface area contributed by atoms with Gasteiger partial charge in [0.05, 0.1) is 24.7 Å². The van der Waals surface area contributed by atoms with E-state index in [-0.39, 0.29) is 36.9 Å². The molecule has 3 aromatic rings. The summed E-state index contributed by atoms with van der Waals surface area (Å²) in [7, 11) is 0. The van der Waals surface area contributed by atoms with Crippen molar-refractivity contribution in [1.29, 1.82) is 0 Å². The van der Waals surface area contributed by atoms with Crippen molar-refractivity contribution >= 4 is 16.7 Å². The molecule has 0 atom stereocenters. The summed E-state index contributed by atoms with van der Waals surface area (Å²) >= 11 is 0. The van der Waals surface area contributed by atoms with Crippen LogP contribution in [0.15, 0.2) is 53.5 Å². The average Bonchev–Trinajstić information content (AvgIpc) is 2.75. The standard InChI is InChI=1S/C22H24N2O5/c1-3-13-27-18-10-7-11-19(21(18)29-20(25)4-2)28-14-12-24-22(26)17-9-6-5-8-16(17)15-23-24/h5-11,15H,3-4,12-14H2,1-2H3. The molecule has 2 aromatic carbocycles. The smallest absolute Gasteiger partial charge is 0.311 e. The summed E-state index contributed by atoms with van der Waals surface area (Å²) in [5.74, 6) is 0.711. The summed E-state index contributed by atoms with van der Waals surface area (Å²) in [5.41, 5.74) is -0.177. The summed E-state index contributed by atoms with van der Waals surface area (Å²) in [5, 5.41) is 5.60. The van der Waals surface area contributed by atoms with Crippen LogP contribution in [0.5, 0.6) is 17.2 Å². The van der Waals surface area contributed by atoms with Gasteiger partial charge in [0.25, 0.3) is 5.56 Å². The van der Waals surface area contributed by atoms with Gasteiger partial charge in [-0.1, -0.05) is 38.1 Å². The van der Waals surface area contributed by atoms with E-state index in [1.165, 1.54) is 4.68 Å². The molecule has 0 saturated heterocycles. The molecule has 0 unspecified atom stereocenters. The fourth-order valence-corrected chi connectivity index (χ4v) is 2.75. The second-order valence-corrected chi connectivity index (χ2v) is 6.37. The molecular weight excluding hydrogens is 372 g/mol. The molecule has 0 saturated carbocycles. The molecular formula is C22H24N2O5. The van der Waals surface area contributed by atoms with Gasteiger partial charge in [-0.25, -0.2) is 4.68 Å². The zero-order chi connectivity index (χ0) is 20.6. The van der Waals surface area contributed by atoms with Crippen LogP contribution in [0.25, 0.3) is 10.8 Å². The number of carbonyl (C=O) groups excluding carboxylic acids is 1. The molecule has 0 N–H and O–H groups in total. The molecule has 0 amide bonds. The summed E-state index contributed by atoms with van der Waals surface area (Å²) in [6.07, 6.45) is 2.71. The predicted octanol–water partition coefficient (Wildman–Crippen LogP) is 3.58. The van der Waals surface area contributed by atoms with Crippen molar-refractivity contribution in [2.45, 2.75) is 33.2 Å². The normalized spacial score (nSPS) is 10.7. The van der Waals surface area contributed by atoms with Gasteiger partial charge in [-0.05, 0) is 24.6 Å². The van der Waals surface area contributed by atoms with E-state index in [9.17, 15) is 9.59 Å². The van der Waals surface area contributed by atoms with Crippen LogP contribution in [0.3, 0.4) is 0 Å². The van der Waals surface area contributed by atoms with Gasteiger partial charge in [0, 0.05) is 11.8 Å². The molecule has 0 aliphatic carbocycles. The van der Waals surface area contributed by atoms with Crippen LogP contribution in [0.2, 0.25) is 0 Å². The van der Waals surface area contributed by atoms with Crippen molar-refractivity contribution in [3.63, 3.8) is 0 Å². The monoisotopic (exact) mass is 396 g/mol. The van der Waals surface area contributed by atoms with Gasteiger partial charge in [0.15, 0.2) is 11.5 Å². The highest BCUT2D eigenvalue weighted by atomic mass is 16.6. The van der Waals surface area contributed by atoms with Crippen molar-refractivity contribution in [2.75, 3.05) is 13.2 Å². The summed E-state index contributed by atoms with van der Waals surface area (Å²) < 4.78 is 18.3. The van der Waals surface area contributed by atoms with Crippen LogP contribution in [0.1, 0.15) is 26.7 Å². The number of rotatable bonds is 9. The van der Waals surface area contributed by atoms with Crippen molar-refractivity contribution in [3.8, 4) is 17.2 Å². The van der Waals surface area contributed by atoms with Gasteiger partial charge in [-0.15, -0.1) is 0 Å². The minimum absolute atomic E-state index is 0.177. The third-order valence-electron chi connectivity index (χ3n) is 4.23. The zero-order valence-electron chi connectivity index (χ0n) is 16.6. The first-order valence-corrected chi connectivity index (χ1v) is 9.68. The van der Waals surface area contributed by atoms with E-state index < -0.39 is 0 Å². The zero-order valence-corrected chi connectivity index (χ0v) is 16.6. The molecule has 7 nitrogen and oxygen atoms in total. The van der Waals surface area contributed by atoms with E-state index in [0.717, 1.165) is 11.8 Å². The number of esters is 1. The topological polar surface area (TPSA) is 79.7 Å². The second kappa shape index (κ2) is 9.73. The number of nitrogens with zero attached hydrogens (tertiary/aromatic N) is 2. The van der Waals surface area contributed by atoms with E-state index >= 15 is 0 Å². The van der Waals surface area contributed by atoms with Crippen molar-refractivity contribution in [3.05, 3.63) is 59.0 Å². The van der Waals surface area contributed by atoms with Crippen LogP contribution in [0, 0.1) is 0 Å². The average molecular weight is 396 g/mol. The van der Waals surface area contributed by atoms with E-state index in [0.29, 0.717) is 23.5 Å². The molecule has 3 rings (SSSR count). The van der Waals surface area contributed by atoms with Gasteiger partial charge in [-0.3, -0.25) is 9.59 Å². The maximum absolute atomic E-state index is 12.6. The SMILES string of the molecule is CCCOc1cccc(OCCn2ncc3ccccc3c2=O)c1OC(=O)CC. The second-order valence-electron chi connectivity index (χ2n) is 6.37. The summed E-state index contributed by atoms with van der Waals surface area (Å²) in [6, 6.07) is 12.5. The number of carbonyl (C=O) groups is 1. The number of fused-ring (bicyclic) bond motifs is 1. The van der Waals surface area contributed by atoms with E-state index in [2.05, 4.69) is 5.10 Å². The van der Waals surface area contributed by atoms with Crippen molar-refractivity contribution in [2.24, 2.45) is 0 Å². The molecule has 1 aromatic heterocycles. The Kier molecular flexibility index (Phi) is 6.84. The Morgan fingerprint density at radius 2 is 1.72 bits per heavy atom. The minimum Gasteiger partial charge on any atom is -0.490 e. The Morgan fingerprint density at radius 3 is 2.45 bits per heavy atom. The Hall–Kier alpha value is -3.35. The molecule has 0 bridgehead atoms. The molecule has 1 heterocycles. The highest BCUT2D eigenvalue weighted by Gasteiger charge is 2.16. The van der Waals surface area contributed by atoms with Crippen LogP contribution < -0.4 is 19.8 Å². The number of hydrogen-bond donors (Lipinski definition) is 0. The molecule has 29 heavy (non-hydrogen) atoms. The highest BCUT2D eigenvalue weighted by Crippen LogP contribution is 2.37. The number of aromatic nitrogens is 2. The molecule has 0 aliphatic rings. The molecule has 0 radical (unpaired) electrons. The highest BCUT2D eigenvalue weighted by molar-refractivity contribution is 5.80. The van der Waals surface area contributed by atoms with Gasteiger partial charge in [0.2, 0.25) is 5.75 Å². The number of para-hydroxylation sites is 1. The Labute approximate surface area is 168 Å². The maximum Gasteiger partial charge on any atom is 0.311 e. The van der Waals surface area contributed by atoms with Gasteiger partial charge >= 0.3 is 5.97 Å². The first-order valence-electron chi connectivity index (χ1n) is 9.68. The van der Waals surface area contributed by atoms with E-state index in [1.807, 2.05) is 25.1 Å². The quantitative estimate of drug-likeness (QED) is 0.406. The Bertz CT molecular complexity index is 1040. The lowest BCUT2D eigenvalue weighted by Crippen LogP contribution is -2.25. The van der Waals surface area contributed by atoms with Crippen LogP contribution in [-0.4, -0.2) is 29.0 Å². The molecule has 7 heteroatoms. The first kappa shape index (κ1) is 20.4. The maximum atomic E-state index is 12.6. The lowest BCUT2D eigenvalue weighted by Gasteiger charge is -2.15. The number of ether oxygens (including phenoxy) is 3. The minimum atomic E-state index is -0.380. The van der Waals surface area contributed by atoms with E-state index in [4.69, 9.17) is 14.2 Å². The summed E-state index contributed by atoms with van der Waals surface area (Å²) in [4.78, 5) is 24.4. The number of benzene rings is 2.